The van der Waals surface area contributed by atoms with Gasteiger partial charge < -0.3 is 19.4 Å². The number of amides is 3. The molecule has 0 N–H and O–H groups in total. The largest absolute Gasteiger partial charge is 0.484 e. The van der Waals surface area contributed by atoms with Crippen LogP contribution in [-0.4, -0.2) is 78.8 Å². The van der Waals surface area contributed by atoms with Gasteiger partial charge in [0, 0.05) is 34.1 Å². The third-order valence-electron chi connectivity index (χ3n) is 3.98. The van der Waals surface area contributed by atoms with Crippen molar-refractivity contribution in [1.29, 1.82) is 0 Å². The number of carbonyl (C=O) groups excluding carboxylic acids is 3. The molecule has 1 fully saturated rings. The van der Waals surface area contributed by atoms with E-state index in [9.17, 15) is 14.4 Å². The number of nitrogens with zero attached hydrogens (tertiary/aromatic N) is 3. The summed E-state index contributed by atoms with van der Waals surface area (Å²) in [5.74, 6) is 0.0409. The Labute approximate surface area is 141 Å². The smallest absolute Gasteiger partial charge is 0.261 e. The van der Waals surface area contributed by atoms with Gasteiger partial charge in [-0.15, -0.1) is 0 Å². The van der Waals surface area contributed by atoms with Gasteiger partial charge in [-0.1, -0.05) is 18.2 Å². The van der Waals surface area contributed by atoms with Crippen LogP contribution in [0, 0.1) is 0 Å². The van der Waals surface area contributed by atoms with Crippen molar-refractivity contribution in [2.45, 2.75) is 13.0 Å². The molecule has 0 bridgehead atoms. The molecule has 3 amide bonds. The van der Waals surface area contributed by atoms with Gasteiger partial charge in [0.05, 0.1) is 6.54 Å². The molecule has 0 radical (unpaired) electrons. The third-order valence-corrected chi connectivity index (χ3v) is 3.98. The highest BCUT2D eigenvalue weighted by atomic mass is 16.5. The molecule has 7 nitrogen and oxygen atoms in total. The summed E-state index contributed by atoms with van der Waals surface area (Å²) in [6.45, 7) is 2.28. The fraction of sp³-hybridized carbons (Fsp3) is 0.471. The zero-order valence-electron chi connectivity index (χ0n) is 14.3. The van der Waals surface area contributed by atoms with E-state index in [-0.39, 0.29) is 30.9 Å². The maximum absolute atomic E-state index is 12.5. The monoisotopic (exact) mass is 333 g/mol. The number of rotatable bonds is 4. The van der Waals surface area contributed by atoms with Crippen LogP contribution < -0.4 is 4.74 Å². The number of ether oxygens (including phenoxy) is 1. The van der Waals surface area contributed by atoms with E-state index in [1.54, 1.807) is 31.1 Å². The molecule has 1 aromatic carbocycles. The Morgan fingerprint density at radius 3 is 2.42 bits per heavy atom. The van der Waals surface area contributed by atoms with Crippen molar-refractivity contribution in [3.05, 3.63) is 30.3 Å². The highest BCUT2D eigenvalue weighted by molar-refractivity contribution is 5.89. The lowest BCUT2D eigenvalue weighted by molar-refractivity contribution is -0.152. The van der Waals surface area contributed by atoms with Crippen molar-refractivity contribution in [3.63, 3.8) is 0 Å². The number of para-hydroxylation sites is 1. The number of hydrogen-bond acceptors (Lipinski definition) is 4. The van der Waals surface area contributed by atoms with Gasteiger partial charge in [-0.2, -0.15) is 0 Å². The van der Waals surface area contributed by atoms with E-state index in [4.69, 9.17) is 4.74 Å². The lowest BCUT2D eigenvalue weighted by Gasteiger charge is -2.41. The Hall–Kier alpha value is -2.57. The summed E-state index contributed by atoms with van der Waals surface area (Å²) in [5.41, 5.74) is 0. The van der Waals surface area contributed by atoms with Crippen LogP contribution in [0.1, 0.15) is 6.92 Å². The number of likely N-dealkylation sites (N-methyl/N-ethyl adjacent to an activating group) is 1. The molecule has 0 unspecified atom stereocenters. The molecule has 0 aliphatic carbocycles. The molecule has 0 saturated carbocycles. The molecule has 2 rings (SSSR count). The normalized spacial score (nSPS) is 17.4. The highest BCUT2D eigenvalue weighted by Gasteiger charge is 2.36. The standard InChI is InChI=1S/C17H23N3O4/c1-13(21)19-9-10-20(15(11-19)17(23)18(2)3)16(22)12-24-14-7-5-4-6-8-14/h4-8,15H,9-12H2,1-3H3/t15-/m1/s1. The summed E-state index contributed by atoms with van der Waals surface area (Å²) in [6.07, 6.45) is 0. The third kappa shape index (κ3) is 4.24. The number of carbonyl (C=O) groups is 3. The van der Waals surface area contributed by atoms with Crippen LogP contribution in [0.4, 0.5) is 0 Å². The Balaban J connectivity index is 2.06. The first-order valence-electron chi connectivity index (χ1n) is 7.84. The molecule has 1 heterocycles. The average Bonchev–Trinajstić information content (AvgIpc) is 2.59. The summed E-state index contributed by atoms with van der Waals surface area (Å²) in [4.78, 5) is 41.1. The minimum Gasteiger partial charge on any atom is -0.484 e. The fourth-order valence-electron chi connectivity index (χ4n) is 2.62. The van der Waals surface area contributed by atoms with Gasteiger partial charge in [0.1, 0.15) is 11.8 Å². The molecular weight excluding hydrogens is 310 g/mol. The van der Waals surface area contributed by atoms with E-state index in [2.05, 4.69) is 0 Å². The summed E-state index contributed by atoms with van der Waals surface area (Å²) in [5, 5.41) is 0. The van der Waals surface area contributed by atoms with Crippen molar-refractivity contribution in [3.8, 4) is 5.75 Å². The number of hydrogen-bond donors (Lipinski definition) is 0. The van der Waals surface area contributed by atoms with Crippen LogP contribution in [0.5, 0.6) is 5.75 Å². The second-order valence-electron chi connectivity index (χ2n) is 5.90. The molecule has 130 valence electrons. The second kappa shape index (κ2) is 7.81. The van der Waals surface area contributed by atoms with Crippen LogP contribution >= 0.6 is 0 Å². The van der Waals surface area contributed by atoms with Crippen molar-refractivity contribution in [1.82, 2.24) is 14.7 Å². The van der Waals surface area contributed by atoms with Crippen LogP contribution in [0.15, 0.2) is 30.3 Å². The minimum atomic E-state index is -0.676. The Kier molecular flexibility index (Phi) is 5.78. The SMILES string of the molecule is CC(=O)N1CCN(C(=O)COc2ccccc2)[C@@H](C(=O)N(C)C)C1. The maximum atomic E-state index is 12.5. The molecule has 7 heteroatoms. The van der Waals surface area contributed by atoms with E-state index in [0.29, 0.717) is 18.8 Å². The first-order chi connectivity index (χ1) is 11.4. The molecule has 1 aliphatic rings. The van der Waals surface area contributed by atoms with Crippen LogP contribution in [0.2, 0.25) is 0 Å². The number of piperazine rings is 1. The molecule has 1 aromatic rings. The quantitative estimate of drug-likeness (QED) is 0.790. The van der Waals surface area contributed by atoms with E-state index >= 15 is 0 Å². The number of benzene rings is 1. The fourth-order valence-corrected chi connectivity index (χ4v) is 2.62. The van der Waals surface area contributed by atoms with Gasteiger partial charge in [-0.25, -0.2) is 0 Å². The Morgan fingerprint density at radius 1 is 1.17 bits per heavy atom. The van der Waals surface area contributed by atoms with Gasteiger partial charge in [0.2, 0.25) is 11.8 Å². The van der Waals surface area contributed by atoms with Crippen LogP contribution in [-0.2, 0) is 14.4 Å². The van der Waals surface area contributed by atoms with Crippen LogP contribution in [0.25, 0.3) is 0 Å². The van der Waals surface area contributed by atoms with Gasteiger partial charge in [-0.3, -0.25) is 14.4 Å². The van der Waals surface area contributed by atoms with E-state index in [1.807, 2.05) is 18.2 Å². The summed E-state index contributed by atoms with van der Waals surface area (Å²) in [7, 11) is 3.27. The molecular formula is C17H23N3O4. The Morgan fingerprint density at radius 2 is 1.83 bits per heavy atom. The lowest BCUT2D eigenvalue weighted by Crippen LogP contribution is -2.61. The molecule has 1 aliphatic heterocycles. The lowest BCUT2D eigenvalue weighted by atomic mass is 10.1. The predicted octanol–water partition coefficient (Wildman–Crippen LogP) is 0.213. The molecule has 0 aromatic heterocycles. The molecule has 1 atom stereocenters. The van der Waals surface area contributed by atoms with Crippen molar-refractivity contribution >= 4 is 17.7 Å². The van der Waals surface area contributed by atoms with Gasteiger partial charge >= 0.3 is 0 Å². The maximum Gasteiger partial charge on any atom is 0.261 e. The van der Waals surface area contributed by atoms with Crippen molar-refractivity contribution in [2.24, 2.45) is 0 Å². The van der Waals surface area contributed by atoms with Gasteiger partial charge in [-0.05, 0) is 12.1 Å². The molecule has 24 heavy (non-hydrogen) atoms. The van der Waals surface area contributed by atoms with Crippen molar-refractivity contribution < 1.29 is 19.1 Å². The average molecular weight is 333 g/mol. The molecule has 0 spiro atoms. The summed E-state index contributed by atoms with van der Waals surface area (Å²) >= 11 is 0. The second-order valence-corrected chi connectivity index (χ2v) is 5.90. The predicted molar refractivity (Wildman–Crippen MR) is 88.4 cm³/mol. The van der Waals surface area contributed by atoms with E-state index in [0.717, 1.165) is 0 Å². The Bertz CT molecular complexity index is 603. The topological polar surface area (TPSA) is 70.2 Å². The van der Waals surface area contributed by atoms with Crippen LogP contribution in [0.3, 0.4) is 0 Å². The van der Waals surface area contributed by atoms with Crippen molar-refractivity contribution in [2.75, 3.05) is 40.3 Å². The van der Waals surface area contributed by atoms with E-state index < -0.39 is 6.04 Å². The van der Waals surface area contributed by atoms with Gasteiger partial charge in [0.15, 0.2) is 6.61 Å². The first-order valence-corrected chi connectivity index (χ1v) is 7.84. The molecule has 1 saturated heterocycles. The zero-order valence-corrected chi connectivity index (χ0v) is 14.3. The zero-order chi connectivity index (χ0) is 17.7. The van der Waals surface area contributed by atoms with Gasteiger partial charge in [0.25, 0.3) is 5.91 Å². The summed E-state index contributed by atoms with van der Waals surface area (Å²) < 4.78 is 5.49. The van der Waals surface area contributed by atoms with E-state index in [1.165, 1.54) is 16.7 Å². The summed E-state index contributed by atoms with van der Waals surface area (Å²) in [6, 6.07) is 8.37. The first kappa shape index (κ1) is 17.8. The minimum absolute atomic E-state index is 0.0980. The highest BCUT2D eigenvalue weighted by Crippen LogP contribution is 2.14.